The molecule has 1 saturated heterocycles. The van der Waals surface area contributed by atoms with Crippen LogP contribution in [0, 0.1) is 6.92 Å². The number of piperazine rings is 1. The summed E-state index contributed by atoms with van der Waals surface area (Å²) >= 11 is 1.58. The van der Waals surface area contributed by atoms with Crippen LogP contribution in [0.3, 0.4) is 0 Å². The third-order valence-electron chi connectivity index (χ3n) is 3.01. The zero-order valence-electron chi connectivity index (χ0n) is 10.5. The Balaban J connectivity index is 1.77. The topological polar surface area (TPSA) is 36.4 Å². The molecule has 1 fully saturated rings. The lowest BCUT2D eigenvalue weighted by Crippen LogP contribution is -2.46. The van der Waals surface area contributed by atoms with Gasteiger partial charge in [0.2, 0.25) is 0 Å². The number of aryl methyl sites for hydroxylation is 1. The minimum absolute atomic E-state index is 0.281. The van der Waals surface area contributed by atoms with Gasteiger partial charge in [0.05, 0.1) is 13.0 Å². The fourth-order valence-corrected chi connectivity index (χ4v) is 2.76. The van der Waals surface area contributed by atoms with Crippen molar-refractivity contribution >= 4 is 17.1 Å². The molecular weight excluding hydrogens is 234 g/mol. The molecule has 1 aliphatic heterocycles. The summed E-state index contributed by atoms with van der Waals surface area (Å²) in [6.45, 7) is 6.66. The Morgan fingerprint density at radius 1 is 1.41 bits per heavy atom. The lowest BCUT2D eigenvalue weighted by molar-refractivity contribution is -0.119. The molecule has 0 radical (unpaired) electrons. The van der Waals surface area contributed by atoms with Crippen molar-refractivity contribution in [2.45, 2.75) is 13.3 Å². The minimum atomic E-state index is 0.281. The van der Waals surface area contributed by atoms with E-state index < -0.39 is 0 Å². The third kappa shape index (κ3) is 3.87. The first kappa shape index (κ1) is 12.7. The van der Waals surface area contributed by atoms with Gasteiger partial charge < -0.3 is 4.90 Å². The van der Waals surface area contributed by atoms with Crippen LogP contribution in [0.15, 0.2) is 5.38 Å². The fourth-order valence-electron chi connectivity index (χ4n) is 1.96. The predicted molar refractivity (Wildman–Crippen MR) is 69.5 cm³/mol. The Labute approximate surface area is 106 Å². The van der Waals surface area contributed by atoms with E-state index in [4.69, 9.17) is 0 Å². The van der Waals surface area contributed by atoms with Crippen LogP contribution in [0.5, 0.6) is 0 Å². The average molecular weight is 253 g/mol. The highest BCUT2D eigenvalue weighted by molar-refractivity contribution is 7.09. The summed E-state index contributed by atoms with van der Waals surface area (Å²) in [5, 5.41) is 2.94. The van der Waals surface area contributed by atoms with Crippen molar-refractivity contribution in [3.63, 3.8) is 0 Å². The zero-order chi connectivity index (χ0) is 12.3. The third-order valence-corrected chi connectivity index (χ3v) is 3.98. The molecule has 94 valence electrons. The summed E-state index contributed by atoms with van der Waals surface area (Å²) in [6, 6.07) is 0. The smallest absolute Gasteiger partial charge is 0.153 e. The van der Waals surface area contributed by atoms with Crippen molar-refractivity contribution in [1.82, 2.24) is 14.8 Å². The van der Waals surface area contributed by atoms with E-state index in [-0.39, 0.29) is 5.78 Å². The van der Waals surface area contributed by atoms with Crippen molar-refractivity contribution in [2.24, 2.45) is 0 Å². The molecule has 0 amide bonds. The summed E-state index contributed by atoms with van der Waals surface area (Å²) in [4.78, 5) is 20.7. The van der Waals surface area contributed by atoms with E-state index in [0.29, 0.717) is 13.0 Å². The standard InChI is InChI=1S/C12H19N3OS/c1-10-9-17-12(13-10)7-11(16)8-15-5-3-14(2)4-6-15/h9H,3-8H2,1-2H3. The maximum Gasteiger partial charge on any atom is 0.153 e. The SMILES string of the molecule is Cc1csc(CC(=O)CN2CCN(C)CC2)n1. The largest absolute Gasteiger partial charge is 0.304 e. The van der Waals surface area contributed by atoms with E-state index in [2.05, 4.69) is 21.8 Å². The number of hydrogen-bond acceptors (Lipinski definition) is 5. The van der Waals surface area contributed by atoms with Gasteiger partial charge in [0.1, 0.15) is 5.01 Å². The van der Waals surface area contributed by atoms with E-state index >= 15 is 0 Å². The van der Waals surface area contributed by atoms with E-state index in [0.717, 1.165) is 36.9 Å². The highest BCUT2D eigenvalue weighted by Crippen LogP contribution is 2.10. The van der Waals surface area contributed by atoms with Crippen LogP contribution in [0.1, 0.15) is 10.7 Å². The van der Waals surface area contributed by atoms with Crippen molar-refractivity contribution in [3.05, 3.63) is 16.1 Å². The molecule has 1 aromatic heterocycles. The van der Waals surface area contributed by atoms with Crippen molar-refractivity contribution in [1.29, 1.82) is 0 Å². The van der Waals surface area contributed by atoms with Crippen LogP contribution < -0.4 is 0 Å². The molecule has 4 nitrogen and oxygen atoms in total. The molecule has 2 heterocycles. The highest BCUT2D eigenvalue weighted by atomic mass is 32.1. The van der Waals surface area contributed by atoms with E-state index in [1.54, 1.807) is 11.3 Å². The first-order chi connectivity index (χ1) is 8.13. The first-order valence-electron chi connectivity index (χ1n) is 5.97. The molecule has 1 aliphatic rings. The van der Waals surface area contributed by atoms with Crippen molar-refractivity contribution in [2.75, 3.05) is 39.8 Å². The number of Topliss-reactive ketones (excluding diaryl/α,β-unsaturated/α-hetero) is 1. The van der Waals surface area contributed by atoms with Gasteiger partial charge in [-0.25, -0.2) is 4.98 Å². The second-order valence-electron chi connectivity index (χ2n) is 4.68. The number of carbonyl (C=O) groups is 1. The normalized spacial score (nSPS) is 18.5. The maximum atomic E-state index is 11.9. The fraction of sp³-hybridized carbons (Fsp3) is 0.667. The molecule has 5 heteroatoms. The molecule has 0 unspecified atom stereocenters. The Bertz CT molecular complexity index is 383. The van der Waals surface area contributed by atoms with Gasteiger partial charge in [-0.1, -0.05) is 0 Å². The van der Waals surface area contributed by atoms with E-state index in [1.165, 1.54) is 0 Å². The Morgan fingerprint density at radius 2 is 2.12 bits per heavy atom. The molecule has 0 spiro atoms. The van der Waals surface area contributed by atoms with Crippen LogP contribution in [-0.4, -0.2) is 60.3 Å². The van der Waals surface area contributed by atoms with Gasteiger partial charge in [-0.15, -0.1) is 11.3 Å². The number of rotatable bonds is 4. The molecule has 1 aromatic rings. The van der Waals surface area contributed by atoms with Gasteiger partial charge in [-0.2, -0.15) is 0 Å². The van der Waals surface area contributed by atoms with Gasteiger partial charge in [-0.3, -0.25) is 9.69 Å². The van der Waals surface area contributed by atoms with Crippen LogP contribution in [0.4, 0.5) is 0 Å². The zero-order valence-corrected chi connectivity index (χ0v) is 11.3. The second kappa shape index (κ2) is 5.71. The average Bonchev–Trinajstić information content (AvgIpc) is 2.67. The van der Waals surface area contributed by atoms with Crippen LogP contribution >= 0.6 is 11.3 Å². The van der Waals surface area contributed by atoms with Gasteiger partial charge in [0.15, 0.2) is 5.78 Å². The summed E-state index contributed by atoms with van der Waals surface area (Å²) in [6.07, 6.45) is 0.491. The molecule has 0 bridgehead atoms. The molecule has 0 atom stereocenters. The van der Waals surface area contributed by atoms with Crippen LogP contribution in [0.25, 0.3) is 0 Å². The van der Waals surface area contributed by atoms with E-state index in [9.17, 15) is 4.79 Å². The molecule has 0 aliphatic carbocycles. The molecule has 17 heavy (non-hydrogen) atoms. The number of likely N-dealkylation sites (N-methyl/N-ethyl adjacent to an activating group) is 1. The number of hydrogen-bond donors (Lipinski definition) is 0. The van der Waals surface area contributed by atoms with Gasteiger partial charge in [0.25, 0.3) is 0 Å². The monoisotopic (exact) mass is 253 g/mol. The Morgan fingerprint density at radius 3 is 2.71 bits per heavy atom. The summed E-state index contributed by atoms with van der Waals surface area (Å²) in [5.41, 5.74) is 1.01. The predicted octanol–water partition coefficient (Wildman–Crippen LogP) is 0.811. The Kier molecular flexibility index (Phi) is 4.25. The number of nitrogens with zero attached hydrogens (tertiary/aromatic N) is 3. The van der Waals surface area contributed by atoms with Gasteiger partial charge in [-0.05, 0) is 14.0 Å². The lowest BCUT2D eigenvalue weighted by Gasteiger charge is -2.31. The minimum Gasteiger partial charge on any atom is -0.304 e. The molecule has 2 rings (SSSR count). The Hall–Kier alpha value is -0.780. The molecule has 0 N–H and O–H groups in total. The van der Waals surface area contributed by atoms with Gasteiger partial charge >= 0.3 is 0 Å². The number of ketones is 1. The van der Waals surface area contributed by atoms with Crippen molar-refractivity contribution < 1.29 is 4.79 Å². The van der Waals surface area contributed by atoms with Crippen LogP contribution in [-0.2, 0) is 11.2 Å². The quantitative estimate of drug-likeness (QED) is 0.796. The molecule has 0 saturated carbocycles. The molecular formula is C12H19N3OS. The van der Waals surface area contributed by atoms with Crippen LogP contribution in [0.2, 0.25) is 0 Å². The maximum absolute atomic E-state index is 11.9. The summed E-state index contributed by atoms with van der Waals surface area (Å²) < 4.78 is 0. The highest BCUT2D eigenvalue weighted by Gasteiger charge is 2.17. The molecule has 0 aromatic carbocycles. The number of carbonyl (C=O) groups excluding carboxylic acids is 1. The first-order valence-corrected chi connectivity index (χ1v) is 6.85. The summed E-state index contributed by atoms with van der Waals surface area (Å²) in [7, 11) is 2.12. The van der Waals surface area contributed by atoms with Crippen molar-refractivity contribution in [3.8, 4) is 0 Å². The van der Waals surface area contributed by atoms with E-state index in [1.807, 2.05) is 12.3 Å². The second-order valence-corrected chi connectivity index (χ2v) is 5.62. The lowest BCUT2D eigenvalue weighted by atomic mass is 10.2. The number of aromatic nitrogens is 1. The number of thiazole rings is 1. The van der Waals surface area contributed by atoms with Gasteiger partial charge in [0, 0.05) is 37.3 Å². The summed E-state index contributed by atoms with van der Waals surface area (Å²) in [5.74, 6) is 0.281.